The van der Waals surface area contributed by atoms with Crippen LogP contribution in [-0.2, 0) is 4.74 Å². The van der Waals surface area contributed by atoms with E-state index < -0.39 is 0 Å². The third-order valence-corrected chi connectivity index (χ3v) is 5.55. The Morgan fingerprint density at radius 2 is 2.35 bits per heavy atom. The summed E-state index contributed by atoms with van der Waals surface area (Å²) in [5.41, 5.74) is 0.321. The molecule has 0 N–H and O–H groups in total. The van der Waals surface area contributed by atoms with E-state index in [-0.39, 0.29) is 17.4 Å². The second kappa shape index (κ2) is 7.11. The molecule has 3 heterocycles. The maximum Gasteiger partial charge on any atom is 0.257 e. The van der Waals surface area contributed by atoms with Crippen LogP contribution in [0.3, 0.4) is 0 Å². The minimum Gasteiger partial charge on any atom is -0.477 e. The van der Waals surface area contributed by atoms with Gasteiger partial charge in [-0.05, 0) is 38.3 Å². The van der Waals surface area contributed by atoms with Crippen molar-refractivity contribution in [3.63, 3.8) is 0 Å². The van der Waals surface area contributed by atoms with Crippen molar-refractivity contribution < 1.29 is 18.7 Å². The van der Waals surface area contributed by atoms with Gasteiger partial charge in [0.25, 0.3) is 5.91 Å². The number of rotatable bonds is 4. The second-order valence-electron chi connectivity index (χ2n) is 7.10. The van der Waals surface area contributed by atoms with Crippen molar-refractivity contribution >= 4 is 5.91 Å². The molecule has 0 unspecified atom stereocenters. The summed E-state index contributed by atoms with van der Waals surface area (Å²) in [7, 11) is 0. The molecule has 2 aromatic heterocycles. The second-order valence-corrected chi connectivity index (χ2v) is 7.10. The molecule has 2 aromatic rings. The number of pyridine rings is 1. The van der Waals surface area contributed by atoms with Crippen LogP contribution in [0.1, 0.15) is 35.4 Å². The van der Waals surface area contributed by atoms with Gasteiger partial charge in [-0.25, -0.2) is 4.98 Å². The lowest BCUT2D eigenvalue weighted by atomic mass is 9.89. The Morgan fingerprint density at radius 3 is 3.12 bits per heavy atom. The molecule has 2 atom stereocenters. The highest BCUT2D eigenvalue weighted by Gasteiger charge is 2.48. The van der Waals surface area contributed by atoms with Gasteiger partial charge in [0, 0.05) is 24.7 Å². The van der Waals surface area contributed by atoms with Crippen molar-refractivity contribution in [1.29, 1.82) is 0 Å². The zero-order chi connectivity index (χ0) is 18.0. The Balaban J connectivity index is 1.46. The first-order valence-corrected chi connectivity index (χ1v) is 9.19. The number of carbonyl (C=O) groups excluding carboxylic acids is 1. The summed E-state index contributed by atoms with van der Waals surface area (Å²) in [5.74, 6) is 1.57. The Kier molecular flexibility index (Phi) is 4.68. The molecule has 0 aromatic carbocycles. The molecular formula is C20H24N2O4. The van der Waals surface area contributed by atoms with Crippen LogP contribution in [0.5, 0.6) is 5.88 Å². The molecule has 6 nitrogen and oxygen atoms in total. The monoisotopic (exact) mass is 356 g/mol. The highest BCUT2D eigenvalue weighted by atomic mass is 16.5. The van der Waals surface area contributed by atoms with Crippen LogP contribution >= 0.6 is 0 Å². The first-order chi connectivity index (χ1) is 12.7. The van der Waals surface area contributed by atoms with Gasteiger partial charge in [0.1, 0.15) is 5.76 Å². The van der Waals surface area contributed by atoms with Crippen LogP contribution in [0.25, 0.3) is 0 Å². The van der Waals surface area contributed by atoms with Crippen LogP contribution in [-0.4, -0.2) is 47.7 Å². The summed E-state index contributed by atoms with van der Waals surface area (Å²) in [5, 5.41) is 0. The Bertz CT molecular complexity index is 760. The van der Waals surface area contributed by atoms with E-state index in [9.17, 15) is 4.79 Å². The van der Waals surface area contributed by atoms with Crippen LogP contribution in [0, 0.1) is 12.8 Å². The van der Waals surface area contributed by atoms with Crippen LogP contribution in [0.2, 0.25) is 0 Å². The summed E-state index contributed by atoms with van der Waals surface area (Å²) >= 11 is 0. The summed E-state index contributed by atoms with van der Waals surface area (Å²) in [6.07, 6.45) is 6.38. The zero-order valence-electron chi connectivity index (χ0n) is 15.0. The third kappa shape index (κ3) is 3.21. The molecule has 2 aliphatic rings. The summed E-state index contributed by atoms with van der Waals surface area (Å²) in [4.78, 5) is 19.0. The molecule has 0 bridgehead atoms. The van der Waals surface area contributed by atoms with Gasteiger partial charge in [0.15, 0.2) is 0 Å². The van der Waals surface area contributed by atoms with Crippen molar-refractivity contribution in [1.82, 2.24) is 9.88 Å². The number of aromatic nitrogens is 1. The third-order valence-electron chi connectivity index (χ3n) is 5.55. The fourth-order valence-corrected chi connectivity index (χ4v) is 4.12. The Hall–Kier alpha value is -2.34. The average Bonchev–Trinajstić information content (AvgIpc) is 3.26. The number of carbonyl (C=O) groups is 1. The van der Waals surface area contributed by atoms with Gasteiger partial charge in [-0.2, -0.15) is 0 Å². The zero-order valence-corrected chi connectivity index (χ0v) is 15.0. The Morgan fingerprint density at radius 1 is 1.42 bits per heavy atom. The van der Waals surface area contributed by atoms with Gasteiger partial charge in [-0.15, -0.1) is 0 Å². The molecule has 138 valence electrons. The molecule has 1 aliphatic carbocycles. The number of ether oxygens (including phenoxy) is 2. The quantitative estimate of drug-likeness (QED) is 0.842. The number of hydrogen-bond donors (Lipinski definition) is 0. The number of morpholine rings is 1. The molecule has 1 spiro atoms. The Labute approximate surface area is 153 Å². The predicted molar refractivity (Wildman–Crippen MR) is 95.1 cm³/mol. The van der Waals surface area contributed by atoms with E-state index in [1.807, 2.05) is 30.0 Å². The summed E-state index contributed by atoms with van der Waals surface area (Å²) in [6, 6.07) is 7.39. The maximum absolute atomic E-state index is 12.9. The van der Waals surface area contributed by atoms with Crippen molar-refractivity contribution in [2.45, 2.75) is 31.8 Å². The summed E-state index contributed by atoms with van der Waals surface area (Å²) in [6.45, 7) is 4.15. The lowest BCUT2D eigenvalue weighted by molar-refractivity contribution is -0.127. The normalized spacial score (nSPS) is 25.6. The van der Waals surface area contributed by atoms with Gasteiger partial charge in [-0.3, -0.25) is 4.79 Å². The molecular weight excluding hydrogens is 332 g/mol. The highest BCUT2D eigenvalue weighted by molar-refractivity contribution is 5.95. The smallest absolute Gasteiger partial charge is 0.257 e. The van der Waals surface area contributed by atoms with E-state index in [0.29, 0.717) is 43.5 Å². The highest BCUT2D eigenvalue weighted by Crippen LogP contribution is 2.41. The van der Waals surface area contributed by atoms with E-state index >= 15 is 0 Å². The van der Waals surface area contributed by atoms with Gasteiger partial charge >= 0.3 is 0 Å². The van der Waals surface area contributed by atoms with Crippen LogP contribution in [0.4, 0.5) is 0 Å². The van der Waals surface area contributed by atoms with Gasteiger partial charge in [0.05, 0.1) is 37.2 Å². The van der Waals surface area contributed by atoms with E-state index in [0.717, 1.165) is 19.3 Å². The minimum absolute atomic E-state index is 0.0234. The van der Waals surface area contributed by atoms with E-state index in [1.165, 1.54) is 0 Å². The van der Waals surface area contributed by atoms with Crippen LogP contribution in [0.15, 0.2) is 41.1 Å². The van der Waals surface area contributed by atoms with Crippen molar-refractivity contribution in [3.05, 3.63) is 48.0 Å². The molecule has 1 saturated heterocycles. The SMILES string of the molecule is Cc1occc1C(=O)N1CCO[C@]2(CCC[C@@H]2COc2ccccn2)C1. The van der Waals surface area contributed by atoms with Crippen LogP contribution < -0.4 is 4.74 Å². The van der Waals surface area contributed by atoms with E-state index in [1.54, 1.807) is 18.5 Å². The molecule has 1 amide bonds. The van der Waals surface area contributed by atoms with Gasteiger partial charge in [-0.1, -0.05) is 6.07 Å². The number of amides is 1. The van der Waals surface area contributed by atoms with Crippen molar-refractivity contribution in [2.24, 2.45) is 5.92 Å². The summed E-state index contributed by atoms with van der Waals surface area (Å²) < 4.78 is 17.4. The van der Waals surface area contributed by atoms with Crippen molar-refractivity contribution in [3.8, 4) is 5.88 Å². The molecule has 0 radical (unpaired) electrons. The number of nitrogens with zero attached hydrogens (tertiary/aromatic N) is 2. The molecule has 1 aliphatic heterocycles. The lowest BCUT2D eigenvalue weighted by Crippen LogP contribution is -2.56. The minimum atomic E-state index is -0.319. The largest absolute Gasteiger partial charge is 0.477 e. The number of furan rings is 1. The lowest BCUT2D eigenvalue weighted by Gasteiger charge is -2.44. The number of hydrogen-bond acceptors (Lipinski definition) is 5. The molecule has 2 fully saturated rings. The predicted octanol–water partition coefficient (Wildman–Crippen LogP) is 3.07. The average molecular weight is 356 g/mol. The fraction of sp³-hybridized carbons (Fsp3) is 0.500. The molecule has 26 heavy (non-hydrogen) atoms. The molecule has 1 saturated carbocycles. The first-order valence-electron chi connectivity index (χ1n) is 9.19. The fourth-order valence-electron chi connectivity index (χ4n) is 4.12. The standard InChI is InChI=1S/C20H24N2O4/c1-15-17(7-11-24-15)19(23)22-10-12-26-20(14-22)8-4-5-16(20)13-25-18-6-2-3-9-21-18/h2-3,6-7,9,11,16H,4-5,8,10,12-14H2,1H3/t16-,20-/m1/s1. The van der Waals surface area contributed by atoms with Gasteiger partial charge < -0.3 is 18.8 Å². The van der Waals surface area contributed by atoms with E-state index in [4.69, 9.17) is 13.9 Å². The number of aryl methyl sites for hydroxylation is 1. The van der Waals surface area contributed by atoms with Gasteiger partial charge in [0.2, 0.25) is 5.88 Å². The van der Waals surface area contributed by atoms with E-state index in [2.05, 4.69) is 4.98 Å². The molecule has 4 rings (SSSR count). The topological polar surface area (TPSA) is 64.8 Å². The van der Waals surface area contributed by atoms with Crippen molar-refractivity contribution in [2.75, 3.05) is 26.3 Å². The first kappa shape index (κ1) is 17.1. The maximum atomic E-state index is 12.9. The molecule has 6 heteroatoms.